The number of fused-ring (bicyclic) bond motifs is 3. The van der Waals surface area contributed by atoms with Crippen LogP contribution in [0.3, 0.4) is 0 Å². The van der Waals surface area contributed by atoms with Crippen molar-refractivity contribution in [1.82, 2.24) is 0 Å². The lowest BCUT2D eigenvalue weighted by Crippen LogP contribution is -2.37. The molecule has 0 atom stereocenters. The maximum atomic E-state index is 6.42. The van der Waals surface area contributed by atoms with Crippen LogP contribution in [0.15, 0.2) is 152 Å². The Morgan fingerprint density at radius 1 is 0.450 bits per heavy atom. The minimum absolute atomic E-state index is 0.170. The standard InChI is InChI=1S/C18H13BClN.C18H15N/c20-19-17-9-5-4-8-15(17)16-12-14(10-11-18(16)21-19)13-6-2-1-3-7-13;19-18-12-11-16(14-7-3-1-4-8-14)13-17(18)15-9-5-2-6-10-15/h1-12,21H;1-13H,19H2. The van der Waals surface area contributed by atoms with E-state index in [4.69, 9.17) is 17.2 Å². The first-order chi connectivity index (χ1) is 19.7. The summed E-state index contributed by atoms with van der Waals surface area (Å²) in [6, 6.07) is 52.0. The van der Waals surface area contributed by atoms with Gasteiger partial charge in [-0.25, -0.2) is 0 Å². The van der Waals surface area contributed by atoms with E-state index in [0.717, 1.165) is 28.0 Å². The Balaban J connectivity index is 0.000000145. The van der Waals surface area contributed by atoms with Crippen LogP contribution in [-0.4, -0.2) is 6.26 Å². The summed E-state index contributed by atoms with van der Waals surface area (Å²) in [4.78, 5) is 0. The van der Waals surface area contributed by atoms with Crippen molar-refractivity contribution in [1.29, 1.82) is 0 Å². The maximum absolute atomic E-state index is 6.42. The van der Waals surface area contributed by atoms with Crippen LogP contribution in [0.4, 0.5) is 11.4 Å². The number of hydrogen-bond acceptors (Lipinski definition) is 2. The molecule has 1 aliphatic rings. The molecule has 0 amide bonds. The van der Waals surface area contributed by atoms with E-state index in [1.54, 1.807) is 0 Å². The largest absolute Gasteiger partial charge is 0.410 e. The van der Waals surface area contributed by atoms with E-state index in [2.05, 4.69) is 102 Å². The molecule has 7 rings (SSSR count). The molecule has 1 aliphatic heterocycles. The van der Waals surface area contributed by atoms with E-state index in [0.29, 0.717) is 0 Å². The highest BCUT2D eigenvalue weighted by Crippen LogP contribution is 2.35. The highest BCUT2D eigenvalue weighted by atomic mass is 35.5. The number of rotatable bonds is 3. The molecule has 6 aromatic carbocycles. The molecule has 0 spiro atoms. The smallest absolute Gasteiger partial charge is 0.393 e. The van der Waals surface area contributed by atoms with Gasteiger partial charge in [-0.2, -0.15) is 11.5 Å². The molecule has 2 nitrogen and oxygen atoms in total. The van der Waals surface area contributed by atoms with Gasteiger partial charge in [0.05, 0.1) is 0 Å². The highest BCUT2D eigenvalue weighted by Gasteiger charge is 2.26. The minimum Gasteiger partial charge on any atom is -0.410 e. The van der Waals surface area contributed by atoms with Gasteiger partial charge in [-0.3, -0.25) is 0 Å². The molecule has 0 bridgehead atoms. The number of nitrogen functional groups attached to an aromatic ring is 1. The maximum Gasteiger partial charge on any atom is 0.393 e. The van der Waals surface area contributed by atoms with E-state index >= 15 is 0 Å². The van der Waals surface area contributed by atoms with Gasteiger partial charge in [-0.05, 0) is 63.1 Å². The van der Waals surface area contributed by atoms with Gasteiger partial charge in [0, 0.05) is 22.5 Å². The molecule has 6 aromatic rings. The van der Waals surface area contributed by atoms with E-state index in [1.807, 2.05) is 54.6 Å². The molecular weight excluding hydrogens is 507 g/mol. The fourth-order valence-electron chi connectivity index (χ4n) is 5.11. The molecule has 0 radical (unpaired) electrons. The molecule has 4 heteroatoms. The quantitative estimate of drug-likeness (QED) is 0.176. The Kier molecular flexibility index (Phi) is 7.39. The third-order valence-corrected chi connectivity index (χ3v) is 7.52. The van der Waals surface area contributed by atoms with Gasteiger partial charge in [0.15, 0.2) is 0 Å². The summed E-state index contributed by atoms with van der Waals surface area (Å²) < 4.78 is 0. The zero-order chi connectivity index (χ0) is 27.3. The summed E-state index contributed by atoms with van der Waals surface area (Å²) in [5.74, 6) is 0. The lowest BCUT2D eigenvalue weighted by molar-refractivity contribution is 1.57. The van der Waals surface area contributed by atoms with Crippen molar-refractivity contribution < 1.29 is 0 Å². The number of nitrogens with two attached hydrogens (primary N) is 1. The fraction of sp³-hybridized carbons (Fsp3) is 0. The first-order valence-corrected chi connectivity index (χ1v) is 13.8. The van der Waals surface area contributed by atoms with Crippen LogP contribution >= 0.6 is 11.5 Å². The van der Waals surface area contributed by atoms with Gasteiger partial charge in [-0.15, -0.1) is 0 Å². The van der Waals surface area contributed by atoms with E-state index in [1.165, 1.54) is 33.4 Å². The van der Waals surface area contributed by atoms with Crippen LogP contribution in [0.2, 0.25) is 0 Å². The second-order valence-electron chi connectivity index (χ2n) is 9.75. The van der Waals surface area contributed by atoms with Crippen molar-refractivity contribution in [3.63, 3.8) is 0 Å². The second kappa shape index (κ2) is 11.6. The lowest BCUT2D eigenvalue weighted by Gasteiger charge is -2.24. The van der Waals surface area contributed by atoms with Gasteiger partial charge in [-0.1, -0.05) is 127 Å². The third-order valence-electron chi connectivity index (χ3n) is 7.18. The Hall–Kier alpha value is -4.73. The SMILES string of the molecule is ClB1Nc2ccc(-c3ccccc3)cc2-c2ccccc21.Nc1ccc(-c2ccccc2)cc1-c1ccccc1. The molecule has 0 fully saturated rings. The third kappa shape index (κ3) is 5.38. The Morgan fingerprint density at radius 2 is 0.950 bits per heavy atom. The highest BCUT2D eigenvalue weighted by molar-refractivity contribution is 7.16. The van der Waals surface area contributed by atoms with Crippen molar-refractivity contribution >= 4 is 34.6 Å². The first-order valence-electron chi connectivity index (χ1n) is 13.4. The van der Waals surface area contributed by atoms with Crippen molar-refractivity contribution in [2.75, 3.05) is 11.0 Å². The molecule has 192 valence electrons. The van der Waals surface area contributed by atoms with Crippen LogP contribution in [0.5, 0.6) is 0 Å². The van der Waals surface area contributed by atoms with Crippen LogP contribution in [0, 0.1) is 0 Å². The molecule has 0 aliphatic carbocycles. The zero-order valence-electron chi connectivity index (χ0n) is 22.0. The van der Waals surface area contributed by atoms with Gasteiger partial charge in [0.25, 0.3) is 0 Å². The van der Waals surface area contributed by atoms with Crippen molar-refractivity contribution in [2.24, 2.45) is 0 Å². The number of nitrogens with one attached hydrogen (secondary N) is 1. The van der Waals surface area contributed by atoms with Gasteiger partial charge in [0.2, 0.25) is 0 Å². The van der Waals surface area contributed by atoms with Crippen LogP contribution in [0.1, 0.15) is 0 Å². The molecule has 0 saturated carbocycles. The topological polar surface area (TPSA) is 38.0 Å². The predicted molar refractivity (Wildman–Crippen MR) is 174 cm³/mol. The van der Waals surface area contributed by atoms with Crippen molar-refractivity contribution in [3.8, 4) is 44.5 Å². The number of anilines is 2. The normalized spacial score (nSPS) is 11.4. The van der Waals surface area contributed by atoms with Crippen LogP contribution < -0.4 is 16.4 Å². The van der Waals surface area contributed by atoms with Crippen molar-refractivity contribution in [3.05, 3.63) is 152 Å². The molecular formula is C36H28BClN2. The fourth-order valence-corrected chi connectivity index (χ4v) is 5.42. The summed E-state index contributed by atoms with van der Waals surface area (Å²) in [6.45, 7) is 0. The zero-order valence-corrected chi connectivity index (χ0v) is 22.7. The number of halogens is 1. The van der Waals surface area contributed by atoms with E-state index < -0.39 is 0 Å². The second-order valence-corrected chi connectivity index (χ2v) is 10.2. The minimum atomic E-state index is -0.170. The average Bonchev–Trinajstić information content (AvgIpc) is 3.03. The summed E-state index contributed by atoms with van der Waals surface area (Å²) in [6.07, 6.45) is -0.170. The average molecular weight is 535 g/mol. The Bertz CT molecular complexity index is 1740. The number of hydrogen-bond donors (Lipinski definition) is 2. The van der Waals surface area contributed by atoms with Gasteiger partial charge in [0.1, 0.15) is 0 Å². The summed E-state index contributed by atoms with van der Waals surface area (Å²) in [5, 5.41) is 3.36. The monoisotopic (exact) mass is 534 g/mol. The van der Waals surface area contributed by atoms with Crippen LogP contribution in [0.25, 0.3) is 44.5 Å². The lowest BCUT2D eigenvalue weighted by atomic mass is 9.72. The Morgan fingerprint density at radius 3 is 1.57 bits per heavy atom. The van der Waals surface area contributed by atoms with Crippen molar-refractivity contribution in [2.45, 2.75) is 0 Å². The van der Waals surface area contributed by atoms with Crippen LogP contribution in [-0.2, 0) is 0 Å². The predicted octanol–water partition coefficient (Wildman–Crippen LogP) is 8.98. The molecule has 40 heavy (non-hydrogen) atoms. The molecule has 0 saturated heterocycles. The van der Waals surface area contributed by atoms with Gasteiger partial charge >= 0.3 is 6.26 Å². The van der Waals surface area contributed by atoms with E-state index in [9.17, 15) is 0 Å². The molecule has 1 heterocycles. The molecule has 3 N–H and O–H groups in total. The first kappa shape index (κ1) is 25.5. The molecule has 0 aromatic heterocycles. The Labute approximate surface area is 241 Å². The van der Waals surface area contributed by atoms with E-state index in [-0.39, 0.29) is 6.26 Å². The summed E-state index contributed by atoms with van der Waals surface area (Å²) >= 11 is 6.42. The van der Waals surface area contributed by atoms with Gasteiger partial charge < -0.3 is 11.0 Å². The summed E-state index contributed by atoms with van der Waals surface area (Å²) in [5.41, 5.74) is 18.6. The summed E-state index contributed by atoms with van der Waals surface area (Å²) in [7, 11) is 0. The number of benzene rings is 6. The molecule has 0 unspecified atom stereocenters.